The van der Waals surface area contributed by atoms with Gasteiger partial charge in [0.1, 0.15) is 5.78 Å². The predicted octanol–water partition coefficient (Wildman–Crippen LogP) is 3.90. The molecule has 4 atom stereocenters. The van der Waals surface area contributed by atoms with E-state index >= 15 is 0 Å². The number of hydrogen-bond donors (Lipinski definition) is 0. The van der Waals surface area contributed by atoms with E-state index in [1.54, 1.807) is 6.08 Å². The number of carbonyl (C=O) groups is 3. The zero-order chi connectivity index (χ0) is 21.7. The molecular weight excluding hydrogens is 376 g/mol. The largest absolute Gasteiger partial charge is 0.469 e. The van der Waals surface area contributed by atoms with Gasteiger partial charge >= 0.3 is 11.9 Å². The van der Waals surface area contributed by atoms with E-state index in [9.17, 15) is 14.4 Å². The summed E-state index contributed by atoms with van der Waals surface area (Å²) in [7, 11) is 0.329. The van der Waals surface area contributed by atoms with Gasteiger partial charge in [0.2, 0.25) is 0 Å². The van der Waals surface area contributed by atoms with Crippen LogP contribution in [0.15, 0.2) is 12.7 Å². The molecule has 1 aliphatic rings. The summed E-state index contributed by atoms with van der Waals surface area (Å²) in [4.78, 5) is 38.4. The average molecular weight is 413 g/mol. The molecule has 1 unspecified atom stereocenters. The Morgan fingerprint density at radius 3 is 2.14 bits per heavy atom. The molecule has 6 nitrogen and oxygen atoms in total. The molecule has 0 aliphatic heterocycles. The van der Waals surface area contributed by atoms with Crippen molar-refractivity contribution < 1.29 is 28.3 Å². The van der Waals surface area contributed by atoms with Crippen LogP contribution in [0.25, 0.3) is 0 Å². The van der Waals surface area contributed by atoms with Gasteiger partial charge in [-0.15, -0.1) is 6.58 Å². The number of hydrogen-bond acceptors (Lipinski definition) is 6. The number of esters is 2. The minimum absolute atomic E-state index is 0.0347. The first-order valence-electron chi connectivity index (χ1n) is 9.88. The van der Waals surface area contributed by atoms with Crippen LogP contribution in [0.4, 0.5) is 0 Å². The van der Waals surface area contributed by atoms with Crippen molar-refractivity contribution in [3.8, 4) is 0 Å². The Hall–Kier alpha value is -1.47. The number of Topliss-reactive ketones (excluding diaryl/α,β-unsaturated/α-hetero) is 1. The van der Waals surface area contributed by atoms with E-state index in [0.717, 1.165) is 0 Å². The van der Waals surface area contributed by atoms with Crippen LogP contribution in [0, 0.1) is 17.8 Å². The summed E-state index contributed by atoms with van der Waals surface area (Å²) in [5.41, 5.74) is 0. The lowest BCUT2D eigenvalue weighted by Gasteiger charge is -2.41. The number of ketones is 1. The van der Waals surface area contributed by atoms with E-state index in [2.05, 4.69) is 40.4 Å². The van der Waals surface area contributed by atoms with Crippen molar-refractivity contribution in [3.63, 3.8) is 0 Å². The third-order valence-electron chi connectivity index (χ3n) is 6.19. The minimum atomic E-state index is -2.25. The van der Waals surface area contributed by atoms with E-state index in [-0.39, 0.29) is 17.2 Å². The van der Waals surface area contributed by atoms with E-state index in [1.165, 1.54) is 14.2 Å². The third-order valence-corrected chi connectivity index (χ3v) is 10.7. The Kier molecular flexibility index (Phi) is 8.62. The molecule has 0 bridgehead atoms. The van der Waals surface area contributed by atoms with E-state index < -0.39 is 44.1 Å². The van der Waals surface area contributed by atoms with Gasteiger partial charge in [0.05, 0.1) is 32.2 Å². The fourth-order valence-electron chi connectivity index (χ4n) is 3.54. The van der Waals surface area contributed by atoms with Crippen LogP contribution < -0.4 is 0 Å². The second-order valence-corrected chi connectivity index (χ2v) is 13.7. The Bertz CT molecular complexity index is 592. The highest BCUT2D eigenvalue weighted by atomic mass is 28.4. The molecule has 1 saturated carbocycles. The Balaban J connectivity index is 3.44. The highest BCUT2D eigenvalue weighted by Gasteiger charge is 2.52. The Morgan fingerprint density at radius 1 is 1.14 bits per heavy atom. The van der Waals surface area contributed by atoms with Gasteiger partial charge in [-0.2, -0.15) is 0 Å². The zero-order valence-electron chi connectivity index (χ0n) is 18.4. The molecule has 0 amide bonds. The molecule has 0 spiro atoms. The maximum absolute atomic E-state index is 12.9. The fraction of sp³-hybridized carbons (Fsp3) is 0.762. The Morgan fingerprint density at radius 2 is 1.68 bits per heavy atom. The van der Waals surface area contributed by atoms with Crippen molar-refractivity contribution >= 4 is 26.0 Å². The second-order valence-electron chi connectivity index (χ2n) is 8.99. The van der Waals surface area contributed by atoms with Crippen molar-refractivity contribution in [1.29, 1.82) is 0 Å². The molecule has 0 aromatic heterocycles. The summed E-state index contributed by atoms with van der Waals surface area (Å²) in [5.74, 6) is -3.52. The smallest absolute Gasteiger partial charge is 0.312 e. The first-order valence-corrected chi connectivity index (χ1v) is 12.8. The Labute approximate surface area is 170 Å². The van der Waals surface area contributed by atoms with Crippen LogP contribution in [0.3, 0.4) is 0 Å². The fourth-order valence-corrected chi connectivity index (χ4v) is 4.91. The van der Waals surface area contributed by atoms with Gasteiger partial charge in [-0.25, -0.2) is 0 Å². The van der Waals surface area contributed by atoms with Gasteiger partial charge in [0, 0.05) is 12.3 Å². The molecule has 0 aromatic carbocycles. The molecular formula is C21H36O6Si. The van der Waals surface area contributed by atoms with Crippen LogP contribution in [-0.4, -0.2) is 46.4 Å². The standard InChI is InChI=1S/C21H36O6Si/c1-9-10-11-14-15(22)12-13-16(27-28(7,8)21(2,3)4)18(20(24)26-6)17(14)19(23)25-5/h9,14,16-18H,1,10-13H2,2-8H3/t14?,16-,17-,18-/m0/s1. The number of methoxy groups -OCH3 is 2. The lowest BCUT2D eigenvalue weighted by molar-refractivity contribution is -0.164. The monoisotopic (exact) mass is 412 g/mol. The summed E-state index contributed by atoms with van der Waals surface area (Å²) in [6.45, 7) is 14.2. The first kappa shape index (κ1) is 24.6. The van der Waals surface area contributed by atoms with Gasteiger partial charge in [0.15, 0.2) is 8.32 Å². The summed E-state index contributed by atoms with van der Waals surface area (Å²) < 4.78 is 16.6. The van der Waals surface area contributed by atoms with Crippen molar-refractivity contribution in [3.05, 3.63) is 12.7 Å². The van der Waals surface area contributed by atoms with Gasteiger partial charge in [-0.1, -0.05) is 26.8 Å². The van der Waals surface area contributed by atoms with Crippen molar-refractivity contribution in [2.75, 3.05) is 14.2 Å². The van der Waals surface area contributed by atoms with Crippen LogP contribution in [0.2, 0.25) is 18.1 Å². The molecule has 0 heterocycles. The summed E-state index contributed by atoms with van der Waals surface area (Å²) in [6, 6.07) is 0. The van der Waals surface area contributed by atoms with Gasteiger partial charge in [-0.3, -0.25) is 14.4 Å². The van der Waals surface area contributed by atoms with Crippen molar-refractivity contribution in [1.82, 2.24) is 0 Å². The lowest BCUT2D eigenvalue weighted by atomic mass is 9.77. The molecule has 0 saturated heterocycles. The van der Waals surface area contributed by atoms with E-state index in [0.29, 0.717) is 19.3 Å². The average Bonchev–Trinajstić information content (AvgIpc) is 2.74. The minimum Gasteiger partial charge on any atom is -0.469 e. The van der Waals surface area contributed by atoms with Gasteiger partial charge in [0.25, 0.3) is 0 Å². The third kappa shape index (κ3) is 5.53. The molecule has 0 radical (unpaired) electrons. The van der Waals surface area contributed by atoms with E-state index in [4.69, 9.17) is 13.9 Å². The molecule has 0 aromatic rings. The van der Waals surface area contributed by atoms with Crippen molar-refractivity contribution in [2.45, 2.75) is 70.7 Å². The number of carbonyl (C=O) groups excluding carboxylic acids is 3. The van der Waals surface area contributed by atoms with Crippen LogP contribution in [-0.2, 0) is 28.3 Å². The lowest BCUT2D eigenvalue weighted by Crippen LogP contribution is -2.50. The van der Waals surface area contributed by atoms with Crippen LogP contribution in [0.1, 0.15) is 46.5 Å². The maximum atomic E-state index is 12.9. The van der Waals surface area contributed by atoms with Gasteiger partial charge in [-0.05, 0) is 37.4 Å². The highest BCUT2D eigenvalue weighted by Crippen LogP contribution is 2.43. The van der Waals surface area contributed by atoms with Crippen LogP contribution >= 0.6 is 0 Å². The topological polar surface area (TPSA) is 78.9 Å². The zero-order valence-corrected chi connectivity index (χ0v) is 19.4. The molecule has 1 aliphatic carbocycles. The van der Waals surface area contributed by atoms with Gasteiger partial charge < -0.3 is 13.9 Å². The predicted molar refractivity (Wildman–Crippen MR) is 110 cm³/mol. The van der Waals surface area contributed by atoms with E-state index in [1.807, 2.05) is 0 Å². The molecule has 1 fully saturated rings. The number of allylic oxidation sites excluding steroid dienone is 1. The molecule has 28 heavy (non-hydrogen) atoms. The van der Waals surface area contributed by atoms with Crippen molar-refractivity contribution in [2.24, 2.45) is 17.8 Å². The van der Waals surface area contributed by atoms with Crippen LogP contribution in [0.5, 0.6) is 0 Å². The summed E-state index contributed by atoms with van der Waals surface area (Å²) >= 11 is 0. The SMILES string of the molecule is C=CCCC1C(=O)CC[C@H](O[Si](C)(C)C(C)(C)C)[C@H](C(=O)OC)[C@H]1C(=O)OC. The number of rotatable bonds is 7. The maximum Gasteiger partial charge on any atom is 0.312 e. The first-order chi connectivity index (χ1) is 12.9. The molecule has 160 valence electrons. The second kappa shape index (κ2) is 9.83. The molecule has 0 N–H and O–H groups in total. The molecule has 1 rings (SSSR count). The summed E-state index contributed by atoms with van der Waals surface area (Å²) in [5, 5.41) is -0.0764. The normalized spacial score (nSPS) is 26.3. The number of ether oxygens (including phenoxy) is 2. The quantitative estimate of drug-likeness (QED) is 0.273. The molecule has 7 heteroatoms. The summed E-state index contributed by atoms with van der Waals surface area (Å²) in [6.07, 6.45) is 2.83. The highest BCUT2D eigenvalue weighted by molar-refractivity contribution is 6.74.